The maximum atomic E-state index is 5.57. The van der Waals surface area contributed by atoms with Crippen molar-refractivity contribution in [3.05, 3.63) is 77.6 Å². The zero-order chi connectivity index (χ0) is 19.5. The average molecular weight is 391 g/mol. The van der Waals surface area contributed by atoms with Crippen molar-refractivity contribution in [1.29, 1.82) is 0 Å². The Morgan fingerprint density at radius 3 is 2.50 bits per heavy atom. The molecule has 5 nitrogen and oxygen atoms in total. The number of methoxy groups -OCH3 is 1. The van der Waals surface area contributed by atoms with Crippen LogP contribution < -0.4 is 4.74 Å². The Kier molecular flexibility index (Phi) is 5.21. The lowest BCUT2D eigenvalue weighted by molar-refractivity contribution is 0.414. The van der Waals surface area contributed by atoms with E-state index in [1.165, 1.54) is 16.7 Å². The SMILES string of the molecule is COc1ccc(-n2c(SCc3ccc(C)c(C)c3)nnc2-c2ccco2)cc1. The number of furan rings is 1. The molecule has 0 saturated heterocycles. The molecule has 0 N–H and O–H groups in total. The Labute approximate surface area is 168 Å². The zero-order valence-electron chi connectivity index (χ0n) is 16.0. The van der Waals surface area contributed by atoms with Gasteiger partial charge in [-0.1, -0.05) is 30.0 Å². The summed E-state index contributed by atoms with van der Waals surface area (Å²) in [7, 11) is 1.66. The van der Waals surface area contributed by atoms with Gasteiger partial charge >= 0.3 is 0 Å². The monoisotopic (exact) mass is 391 g/mol. The summed E-state index contributed by atoms with van der Waals surface area (Å²) in [5.41, 5.74) is 4.82. The van der Waals surface area contributed by atoms with E-state index in [1.54, 1.807) is 25.1 Å². The van der Waals surface area contributed by atoms with Crippen molar-refractivity contribution < 1.29 is 9.15 Å². The topological polar surface area (TPSA) is 53.1 Å². The van der Waals surface area contributed by atoms with Crippen molar-refractivity contribution in [2.45, 2.75) is 24.8 Å². The first-order chi connectivity index (χ1) is 13.7. The van der Waals surface area contributed by atoms with Gasteiger partial charge in [0.25, 0.3) is 0 Å². The van der Waals surface area contributed by atoms with Crippen molar-refractivity contribution in [1.82, 2.24) is 14.8 Å². The number of thioether (sulfide) groups is 1. The number of ether oxygens (including phenoxy) is 1. The lowest BCUT2D eigenvalue weighted by atomic mass is 10.1. The molecule has 142 valence electrons. The molecule has 0 aliphatic rings. The fourth-order valence-corrected chi connectivity index (χ4v) is 3.83. The van der Waals surface area contributed by atoms with Crippen molar-refractivity contribution in [2.24, 2.45) is 0 Å². The van der Waals surface area contributed by atoms with Gasteiger partial charge in [-0.25, -0.2) is 0 Å². The summed E-state index contributed by atoms with van der Waals surface area (Å²) >= 11 is 1.65. The van der Waals surface area contributed by atoms with E-state index in [2.05, 4.69) is 42.2 Å². The van der Waals surface area contributed by atoms with Gasteiger partial charge in [0, 0.05) is 5.75 Å². The molecule has 0 atom stereocenters. The molecule has 0 fully saturated rings. The molecule has 0 aliphatic carbocycles. The highest BCUT2D eigenvalue weighted by Gasteiger charge is 2.18. The standard InChI is InChI=1S/C22H21N3O2S/c1-15-6-7-17(13-16(15)2)14-28-22-24-23-21(20-5-4-12-27-20)25(22)18-8-10-19(26-3)11-9-18/h4-13H,14H2,1-3H3. The normalized spacial score (nSPS) is 11.0. The molecule has 6 heteroatoms. The van der Waals surface area contributed by atoms with Gasteiger partial charge < -0.3 is 9.15 Å². The number of aryl methyl sites for hydroxylation is 2. The molecule has 4 aromatic rings. The number of nitrogens with zero attached hydrogens (tertiary/aromatic N) is 3. The molecule has 0 saturated carbocycles. The van der Waals surface area contributed by atoms with Crippen LogP contribution in [0.3, 0.4) is 0 Å². The van der Waals surface area contributed by atoms with E-state index in [-0.39, 0.29) is 0 Å². The second kappa shape index (κ2) is 7.94. The predicted molar refractivity (Wildman–Crippen MR) is 111 cm³/mol. The van der Waals surface area contributed by atoms with Gasteiger partial charge in [-0.15, -0.1) is 10.2 Å². The van der Waals surface area contributed by atoms with Crippen LogP contribution in [0, 0.1) is 13.8 Å². The molecule has 4 rings (SSSR count). The van der Waals surface area contributed by atoms with Crippen LogP contribution in [-0.2, 0) is 5.75 Å². The summed E-state index contributed by atoms with van der Waals surface area (Å²) in [5, 5.41) is 9.63. The fourth-order valence-electron chi connectivity index (χ4n) is 2.93. The highest BCUT2D eigenvalue weighted by Crippen LogP contribution is 2.31. The van der Waals surface area contributed by atoms with Gasteiger partial charge in [0.05, 0.1) is 19.1 Å². The van der Waals surface area contributed by atoms with Crippen molar-refractivity contribution in [3.8, 4) is 23.0 Å². The van der Waals surface area contributed by atoms with Gasteiger partial charge in [0.15, 0.2) is 10.9 Å². The summed E-state index contributed by atoms with van der Waals surface area (Å²) in [4.78, 5) is 0. The second-order valence-corrected chi connectivity index (χ2v) is 7.47. The minimum atomic E-state index is 0.678. The lowest BCUT2D eigenvalue weighted by Gasteiger charge is -2.10. The molecule has 0 bridgehead atoms. The van der Waals surface area contributed by atoms with Crippen molar-refractivity contribution >= 4 is 11.8 Å². The number of rotatable bonds is 6. The van der Waals surface area contributed by atoms with Crippen LogP contribution in [0.15, 0.2) is 70.4 Å². The van der Waals surface area contributed by atoms with E-state index >= 15 is 0 Å². The Morgan fingerprint density at radius 2 is 1.82 bits per heavy atom. The third-order valence-electron chi connectivity index (χ3n) is 4.64. The summed E-state index contributed by atoms with van der Waals surface area (Å²) in [6.07, 6.45) is 1.64. The number of hydrogen-bond donors (Lipinski definition) is 0. The third-order valence-corrected chi connectivity index (χ3v) is 5.64. The molecule has 0 radical (unpaired) electrons. The fraction of sp³-hybridized carbons (Fsp3) is 0.182. The molecule has 0 unspecified atom stereocenters. The molecule has 2 aromatic carbocycles. The van der Waals surface area contributed by atoms with Gasteiger partial charge in [0.1, 0.15) is 5.75 Å². The summed E-state index contributed by atoms with van der Waals surface area (Å²) in [6.45, 7) is 4.26. The molecule has 2 aromatic heterocycles. The molecule has 28 heavy (non-hydrogen) atoms. The van der Waals surface area contributed by atoms with Gasteiger partial charge in [-0.3, -0.25) is 4.57 Å². The van der Waals surface area contributed by atoms with E-state index in [1.807, 2.05) is 41.0 Å². The minimum absolute atomic E-state index is 0.678. The first-order valence-corrected chi connectivity index (χ1v) is 9.97. The Morgan fingerprint density at radius 1 is 1.00 bits per heavy atom. The molecular formula is C22H21N3O2S. The Bertz CT molecular complexity index is 1070. The number of benzene rings is 2. The molecule has 2 heterocycles. The van der Waals surface area contributed by atoms with Crippen LogP contribution in [0.1, 0.15) is 16.7 Å². The van der Waals surface area contributed by atoms with Crippen molar-refractivity contribution in [2.75, 3.05) is 7.11 Å². The molecule has 0 amide bonds. The van der Waals surface area contributed by atoms with E-state index < -0.39 is 0 Å². The Balaban J connectivity index is 1.69. The number of hydrogen-bond acceptors (Lipinski definition) is 5. The van der Waals surface area contributed by atoms with Gasteiger partial charge in [-0.2, -0.15) is 0 Å². The predicted octanol–water partition coefficient (Wildman–Crippen LogP) is 5.45. The molecule has 0 aliphatic heterocycles. The van der Waals surface area contributed by atoms with E-state index in [0.717, 1.165) is 22.3 Å². The van der Waals surface area contributed by atoms with Crippen LogP contribution in [0.5, 0.6) is 5.75 Å². The smallest absolute Gasteiger partial charge is 0.205 e. The van der Waals surface area contributed by atoms with Crippen LogP contribution >= 0.6 is 11.8 Å². The summed E-state index contributed by atoms with van der Waals surface area (Å²) in [5.74, 6) is 2.98. The zero-order valence-corrected chi connectivity index (χ0v) is 16.9. The highest BCUT2D eigenvalue weighted by molar-refractivity contribution is 7.98. The summed E-state index contributed by atoms with van der Waals surface area (Å²) < 4.78 is 12.9. The molecular weight excluding hydrogens is 370 g/mol. The molecule has 0 spiro atoms. The Hall–Kier alpha value is -2.99. The quantitative estimate of drug-likeness (QED) is 0.409. The van der Waals surface area contributed by atoms with E-state index in [4.69, 9.17) is 9.15 Å². The van der Waals surface area contributed by atoms with E-state index in [0.29, 0.717) is 11.6 Å². The van der Waals surface area contributed by atoms with Crippen LogP contribution in [0.4, 0.5) is 0 Å². The van der Waals surface area contributed by atoms with Gasteiger partial charge in [0.2, 0.25) is 5.82 Å². The average Bonchev–Trinajstić information content (AvgIpc) is 3.38. The first kappa shape index (κ1) is 18.4. The maximum absolute atomic E-state index is 5.57. The second-order valence-electron chi connectivity index (χ2n) is 6.52. The lowest BCUT2D eigenvalue weighted by Crippen LogP contribution is -1.99. The van der Waals surface area contributed by atoms with Crippen LogP contribution in [0.2, 0.25) is 0 Å². The van der Waals surface area contributed by atoms with Gasteiger partial charge in [-0.05, 0) is 66.9 Å². The summed E-state index contributed by atoms with van der Waals surface area (Å²) in [6, 6.07) is 18.1. The first-order valence-electron chi connectivity index (χ1n) is 8.98. The minimum Gasteiger partial charge on any atom is -0.497 e. The van der Waals surface area contributed by atoms with E-state index in [9.17, 15) is 0 Å². The third kappa shape index (κ3) is 3.68. The van der Waals surface area contributed by atoms with Crippen LogP contribution in [0.25, 0.3) is 17.3 Å². The van der Waals surface area contributed by atoms with Crippen molar-refractivity contribution in [3.63, 3.8) is 0 Å². The maximum Gasteiger partial charge on any atom is 0.205 e. The highest BCUT2D eigenvalue weighted by atomic mass is 32.2. The number of aromatic nitrogens is 3. The van der Waals surface area contributed by atoms with Crippen LogP contribution in [-0.4, -0.2) is 21.9 Å². The largest absolute Gasteiger partial charge is 0.497 e.